The van der Waals surface area contributed by atoms with Crippen molar-refractivity contribution in [3.8, 4) is 5.75 Å². The molecular formula is C7H3Cl3O2. The lowest BCUT2D eigenvalue weighted by Crippen LogP contribution is -1.85. The molecule has 0 spiro atoms. The molecule has 0 saturated heterocycles. The molecular weight excluding hydrogens is 222 g/mol. The number of halogens is 3. The molecule has 0 amide bonds. The first kappa shape index (κ1) is 9.65. The van der Waals surface area contributed by atoms with E-state index in [4.69, 9.17) is 39.9 Å². The molecule has 0 aliphatic rings. The summed E-state index contributed by atoms with van der Waals surface area (Å²) in [5.74, 6) is -0.274. The number of phenolic OH excluding ortho intramolecular Hbond substituents is 1. The van der Waals surface area contributed by atoms with E-state index >= 15 is 0 Å². The third kappa shape index (κ3) is 1.51. The maximum Gasteiger partial charge on any atom is 0.155 e. The molecule has 0 radical (unpaired) electrons. The van der Waals surface area contributed by atoms with Crippen molar-refractivity contribution < 1.29 is 9.90 Å². The molecule has 0 aliphatic carbocycles. The van der Waals surface area contributed by atoms with Crippen LogP contribution in [0.2, 0.25) is 15.1 Å². The predicted molar refractivity (Wildman–Crippen MR) is 48.5 cm³/mol. The molecule has 5 heteroatoms. The van der Waals surface area contributed by atoms with Crippen LogP contribution in [0.3, 0.4) is 0 Å². The average Bonchev–Trinajstić information content (AvgIpc) is 2.01. The number of carbonyl (C=O) groups excluding carboxylic acids is 1. The van der Waals surface area contributed by atoms with Crippen molar-refractivity contribution in [2.45, 2.75) is 0 Å². The lowest BCUT2D eigenvalue weighted by atomic mass is 10.2. The summed E-state index contributed by atoms with van der Waals surface area (Å²) in [6.07, 6.45) is 0.417. The van der Waals surface area contributed by atoms with Gasteiger partial charge in [-0.15, -0.1) is 0 Å². The number of carbonyl (C=O) groups is 1. The van der Waals surface area contributed by atoms with E-state index in [1.807, 2.05) is 0 Å². The highest BCUT2D eigenvalue weighted by Gasteiger charge is 2.12. The molecule has 0 atom stereocenters. The van der Waals surface area contributed by atoms with Gasteiger partial charge in [0.1, 0.15) is 5.75 Å². The fraction of sp³-hybridized carbons (Fsp3) is 0. The fourth-order valence-corrected chi connectivity index (χ4v) is 1.35. The maximum absolute atomic E-state index is 10.4. The van der Waals surface area contributed by atoms with E-state index in [1.54, 1.807) is 0 Å². The first-order valence-electron chi connectivity index (χ1n) is 2.89. The quantitative estimate of drug-likeness (QED) is 0.589. The van der Waals surface area contributed by atoms with Gasteiger partial charge in [0.15, 0.2) is 6.29 Å². The van der Waals surface area contributed by atoms with Crippen LogP contribution in [0.5, 0.6) is 5.75 Å². The van der Waals surface area contributed by atoms with Crippen molar-refractivity contribution in [2.75, 3.05) is 0 Å². The van der Waals surface area contributed by atoms with Gasteiger partial charge >= 0.3 is 0 Å². The van der Waals surface area contributed by atoms with E-state index in [0.717, 1.165) is 0 Å². The van der Waals surface area contributed by atoms with Gasteiger partial charge in [0.05, 0.1) is 20.6 Å². The van der Waals surface area contributed by atoms with E-state index in [0.29, 0.717) is 6.29 Å². The van der Waals surface area contributed by atoms with Crippen LogP contribution in [0.25, 0.3) is 0 Å². The Balaban J connectivity index is 3.51. The summed E-state index contributed by atoms with van der Waals surface area (Å²) < 4.78 is 0. The Morgan fingerprint density at radius 2 is 1.83 bits per heavy atom. The fourth-order valence-electron chi connectivity index (χ4n) is 0.709. The molecule has 0 unspecified atom stereocenters. The van der Waals surface area contributed by atoms with Crippen LogP contribution in [0.15, 0.2) is 6.07 Å². The highest BCUT2D eigenvalue weighted by Crippen LogP contribution is 2.37. The standard InChI is InChI=1S/C7H3Cl3O2/c8-4-1-5(12)3(2-11)6(9)7(4)10/h1-2,12H. The van der Waals surface area contributed by atoms with Gasteiger partial charge in [0.2, 0.25) is 0 Å². The second-order valence-corrected chi connectivity index (χ2v) is 3.20. The van der Waals surface area contributed by atoms with E-state index in [9.17, 15) is 4.79 Å². The molecule has 1 aromatic rings. The minimum absolute atomic E-state index is 0.0309. The van der Waals surface area contributed by atoms with E-state index in [1.165, 1.54) is 6.07 Å². The normalized spacial score (nSPS) is 9.92. The third-order valence-corrected chi connectivity index (χ3v) is 2.57. The third-order valence-electron chi connectivity index (χ3n) is 1.30. The Hall–Kier alpha value is -0.440. The molecule has 0 heterocycles. The van der Waals surface area contributed by atoms with Gasteiger partial charge in [0, 0.05) is 6.07 Å². The second-order valence-electron chi connectivity index (χ2n) is 2.04. The highest BCUT2D eigenvalue weighted by molar-refractivity contribution is 6.49. The van der Waals surface area contributed by atoms with Crippen molar-refractivity contribution in [1.29, 1.82) is 0 Å². The number of benzene rings is 1. The Labute approximate surface area is 83.7 Å². The Morgan fingerprint density at radius 1 is 1.25 bits per heavy atom. The summed E-state index contributed by atoms with van der Waals surface area (Å²) in [4.78, 5) is 10.4. The number of rotatable bonds is 1. The SMILES string of the molecule is O=Cc1c(O)cc(Cl)c(Cl)c1Cl. The average molecular weight is 225 g/mol. The topological polar surface area (TPSA) is 37.3 Å². The van der Waals surface area contributed by atoms with E-state index in [2.05, 4.69) is 0 Å². The summed E-state index contributed by atoms with van der Waals surface area (Å²) in [5.41, 5.74) is -0.0499. The van der Waals surface area contributed by atoms with Crippen LogP contribution < -0.4 is 0 Å². The molecule has 12 heavy (non-hydrogen) atoms. The van der Waals surface area contributed by atoms with Crippen LogP contribution in [0, 0.1) is 0 Å². The van der Waals surface area contributed by atoms with E-state index in [-0.39, 0.29) is 26.4 Å². The maximum atomic E-state index is 10.4. The second kappa shape index (κ2) is 3.52. The number of aldehydes is 1. The summed E-state index contributed by atoms with van der Waals surface area (Å²) in [5, 5.41) is 9.29. The van der Waals surface area contributed by atoms with Gasteiger partial charge < -0.3 is 5.11 Å². The van der Waals surface area contributed by atoms with Crippen molar-refractivity contribution in [3.63, 3.8) is 0 Å². The van der Waals surface area contributed by atoms with Crippen LogP contribution in [-0.2, 0) is 0 Å². The molecule has 1 N–H and O–H groups in total. The first-order valence-corrected chi connectivity index (χ1v) is 4.03. The van der Waals surface area contributed by atoms with Gasteiger partial charge in [-0.1, -0.05) is 34.8 Å². The van der Waals surface area contributed by atoms with Crippen molar-refractivity contribution in [2.24, 2.45) is 0 Å². The lowest BCUT2D eigenvalue weighted by molar-refractivity contribution is 0.112. The van der Waals surface area contributed by atoms with Gasteiger partial charge in [0.25, 0.3) is 0 Å². The number of hydrogen-bond donors (Lipinski definition) is 1. The van der Waals surface area contributed by atoms with Gasteiger partial charge in [-0.2, -0.15) is 0 Å². The monoisotopic (exact) mass is 224 g/mol. The zero-order valence-electron chi connectivity index (χ0n) is 5.64. The number of aromatic hydroxyl groups is 1. The van der Waals surface area contributed by atoms with Gasteiger partial charge in [-0.25, -0.2) is 0 Å². The lowest BCUT2D eigenvalue weighted by Gasteiger charge is -2.03. The minimum atomic E-state index is -0.274. The summed E-state index contributed by atoms with van der Waals surface area (Å²) in [6, 6.07) is 1.17. The summed E-state index contributed by atoms with van der Waals surface area (Å²) in [6.45, 7) is 0. The van der Waals surface area contributed by atoms with Crippen LogP contribution in [0.1, 0.15) is 10.4 Å². The molecule has 1 rings (SSSR count). The molecule has 2 nitrogen and oxygen atoms in total. The summed E-state index contributed by atoms with van der Waals surface area (Å²) in [7, 11) is 0. The van der Waals surface area contributed by atoms with Crippen LogP contribution in [-0.4, -0.2) is 11.4 Å². The number of phenols is 1. The molecule has 0 fully saturated rings. The summed E-state index contributed by atoms with van der Waals surface area (Å²) >= 11 is 16.8. The van der Waals surface area contributed by atoms with Crippen LogP contribution >= 0.6 is 34.8 Å². The molecule has 0 aliphatic heterocycles. The molecule has 0 aromatic heterocycles. The number of hydrogen-bond acceptors (Lipinski definition) is 2. The molecule has 0 saturated carbocycles. The largest absolute Gasteiger partial charge is 0.507 e. The van der Waals surface area contributed by atoms with E-state index < -0.39 is 0 Å². The Bertz CT molecular complexity index is 336. The molecule has 0 bridgehead atoms. The van der Waals surface area contributed by atoms with Gasteiger partial charge in [-0.05, 0) is 0 Å². The zero-order valence-corrected chi connectivity index (χ0v) is 7.91. The smallest absolute Gasteiger partial charge is 0.155 e. The Morgan fingerprint density at radius 3 is 2.33 bits per heavy atom. The highest BCUT2D eigenvalue weighted by atomic mass is 35.5. The van der Waals surface area contributed by atoms with Crippen molar-refractivity contribution in [3.05, 3.63) is 26.7 Å². The first-order chi connectivity index (χ1) is 5.57. The predicted octanol–water partition coefficient (Wildman–Crippen LogP) is 3.16. The minimum Gasteiger partial charge on any atom is -0.507 e. The Kier molecular flexibility index (Phi) is 2.83. The molecule has 64 valence electrons. The molecule has 1 aromatic carbocycles. The zero-order chi connectivity index (χ0) is 9.30. The van der Waals surface area contributed by atoms with Crippen molar-refractivity contribution >= 4 is 41.1 Å². The van der Waals surface area contributed by atoms with Gasteiger partial charge in [-0.3, -0.25) is 4.79 Å². The van der Waals surface area contributed by atoms with Crippen molar-refractivity contribution in [1.82, 2.24) is 0 Å². The van der Waals surface area contributed by atoms with Crippen LogP contribution in [0.4, 0.5) is 0 Å².